The molecule has 0 amide bonds. The van der Waals surface area contributed by atoms with Crippen LogP contribution >= 0.6 is 0 Å². The highest BCUT2D eigenvalue weighted by atomic mass is 19.1. The quantitative estimate of drug-likeness (QED) is 0.225. The highest BCUT2D eigenvalue weighted by molar-refractivity contribution is 5.84. The van der Waals surface area contributed by atoms with Gasteiger partial charge in [0.2, 0.25) is 5.88 Å². The lowest BCUT2D eigenvalue weighted by atomic mass is 9.88. The van der Waals surface area contributed by atoms with Crippen LogP contribution in [0, 0.1) is 11.6 Å². The van der Waals surface area contributed by atoms with Crippen LogP contribution in [-0.4, -0.2) is 16.2 Å². The minimum atomic E-state index is -1.65. The lowest BCUT2D eigenvalue weighted by Crippen LogP contribution is -2.16. The van der Waals surface area contributed by atoms with E-state index in [-0.39, 0.29) is 17.5 Å². The molecule has 0 saturated heterocycles. The van der Waals surface area contributed by atoms with Gasteiger partial charge in [0.15, 0.2) is 6.17 Å². The highest BCUT2D eigenvalue weighted by Gasteiger charge is 2.31. The molecule has 1 saturated carbocycles. The van der Waals surface area contributed by atoms with Gasteiger partial charge in [0.1, 0.15) is 17.7 Å². The van der Waals surface area contributed by atoms with Gasteiger partial charge in [-0.25, -0.2) is 18.2 Å². The van der Waals surface area contributed by atoms with Gasteiger partial charge >= 0.3 is 0 Å². The molecule has 6 rings (SSSR count). The van der Waals surface area contributed by atoms with Crippen LogP contribution in [-0.2, 0) is 6.61 Å². The summed E-state index contributed by atoms with van der Waals surface area (Å²) in [5.41, 5.74) is 2.79. The van der Waals surface area contributed by atoms with Crippen molar-refractivity contribution in [1.29, 1.82) is 0 Å². The summed E-state index contributed by atoms with van der Waals surface area (Å²) in [6, 6.07) is 24.7. The Morgan fingerprint density at radius 3 is 2.08 bits per heavy atom. The average Bonchev–Trinajstić information content (AvgIpc) is 3.50. The maximum absolute atomic E-state index is 16.9. The molecule has 1 unspecified atom stereocenters. The van der Waals surface area contributed by atoms with Gasteiger partial charge in [0, 0.05) is 16.7 Å². The summed E-state index contributed by atoms with van der Waals surface area (Å²) in [5, 5.41) is 12.6. The van der Waals surface area contributed by atoms with E-state index in [2.05, 4.69) is 0 Å². The fourth-order valence-corrected chi connectivity index (χ4v) is 5.59. The largest absolute Gasteiger partial charge is 0.474 e. The lowest BCUT2D eigenvalue weighted by molar-refractivity contribution is 0.195. The van der Waals surface area contributed by atoms with Gasteiger partial charge in [-0.15, -0.1) is 0 Å². The molecule has 1 heterocycles. The molecule has 1 aliphatic carbocycles. The molecular formula is C34H28F3NO2. The van der Waals surface area contributed by atoms with Crippen molar-refractivity contribution < 1.29 is 23.0 Å². The standard InChI is InChI=1S/C34H28F3NO2/c35-26-15-11-22(12-16-26)30-29(20-39)33(23-13-17-27(36)18-14-23)38-34(40-28-7-3-4-8-28)31(30)32(37)25-10-9-21-5-1-2-6-24(21)19-25/h1-2,5-6,9-19,28,32,39H,3-4,7-8,20H2. The topological polar surface area (TPSA) is 42.4 Å². The molecule has 4 aromatic carbocycles. The van der Waals surface area contributed by atoms with E-state index in [1.165, 1.54) is 24.3 Å². The number of aromatic nitrogens is 1. The molecule has 1 fully saturated rings. The third kappa shape index (κ3) is 5.07. The molecule has 5 aromatic rings. The van der Waals surface area contributed by atoms with Crippen LogP contribution in [0.15, 0.2) is 91.0 Å². The molecule has 6 heteroatoms. The maximum Gasteiger partial charge on any atom is 0.221 e. The first-order valence-corrected chi connectivity index (χ1v) is 13.5. The fraction of sp³-hybridized carbons (Fsp3) is 0.206. The summed E-state index contributed by atoms with van der Waals surface area (Å²) >= 11 is 0. The van der Waals surface area contributed by atoms with Gasteiger partial charge in [0.05, 0.1) is 17.9 Å². The number of rotatable bonds is 7. The number of fused-ring (bicyclic) bond motifs is 1. The molecule has 202 valence electrons. The minimum Gasteiger partial charge on any atom is -0.474 e. The summed E-state index contributed by atoms with van der Waals surface area (Å²) in [5.74, 6) is -0.715. The number of hydrogen-bond donors (Lipinski definition) is 1. The van der Waals surface area contributed by atoms with Crippen LogP contribution < -0.4 is 4.74 Å². The van der Waals surface area contributed by atoms with Gasteiger partial charge in [-0.3, -0.25) is 0 Å². The predicted octanol–water partition coefficient (Wildman–Crippen LogP) is 8.72. The van der Waals surface area contributed by atoms with Crippen molar-refractivity contribution >= 4 is 10.8 Å². The fourth-order valence-electron chi connectivity index (χ4n) is 5.59. The third-order valence-corrected chi connectivity index (χ3v) is 7.61. The Morgan fingerprint density at radius 2 is 1.43 bits per heavy atom. The van der Waals surface area contributed by atoms with Crippen LogP contribution in [0.25, 0.3) is 33.2 Å². The van der Waals surface area contributed by atoms with Crippen molar-refractivity contribution in [2.24, 2.45) is 0 Å². The zero-order valence-corrected chi connectivity index (χ0v) is 21.8. The highest BCUT2D eigenvalue weighted by Crippen LogP contribution is 2.46. The molecule has 0 radical (unpaired) electrons. The van der Waals surface area contributed by atoms with E-state index < -0.39 is 24.4 Å². The molecule has 3 nitrogen and oxygen atoms in total. The van der Waals surface area contributed by atoms with Crippen LogP contribution in [0.3, 0.4) is 0 Å². The van der Waals surface area contributed by atoms with Crippen LogP contribution in [0.5, 0.6) is 5.88 Å². The number of alkyl halides is 1. The van der Waals surface area contributed by atoms with Gasteiger partial charge in [-0.2, -0.15) is 0 Å². The molecule has 40 heavy (non-hydrogen) atoms. The molecule has 1 aliphatic rings. The average molecular weight is 540 g/mol. The Balaban J connectivity index is 1.63. The van der Waals surface area contributed by atoms with Crippen molar-refractivity contribution in [2.75, 3.05) is 0 Å². The van der Waals surface area contributed by atoms with Gasteiger partial charge in [-0.05, 0) is 90.0 Å². The predicted molar refractivity (Wildman–Crippen MR) is 151 cm³/mol. The Labute approximate surface area is 230 Å². The van der Waals surface area contributed by atoms with Gasteiger partial charge in [0.25, 0.3) is 0 Å². The number of ether oxygens (including phenoxy) is 1. The Hall–Kier alpha value is -4.16. The van der Waals surface area contributed by atoms with Crippen LogP contribution in [0.1, 0.15) is 48.5 Å². The monoisotopic (exact) mass is 539 g/mol. The van der Waals surface area contributed by atoms with Crippen molar-refractivity contribution in [1.82, 2.24) is 4.98 Å². The first-order valence-electron chi connectivity index (χ1n) is 13.5. The van der Waals surface area contributed by atoms with E-state index >= 15 is 4.39 Å². The van der Waals surface area contributed by atoms with Crippen molar-refractivity contribution in [2.45, 2.75) is 44.6 Å². The number of aliphatic hydroxyl groups excluding tert-OH is 1. The molecule has 0 aliphatic heterocycles. The second kappa shape index (κ2) is 11.1. The Morgan fingerprint density at radius 1 is 0.800 bits per heavy atom. The zero-order valence-electron chi connectivity index (χ0n) is 21.8. The first-order chi connectivity index (χ1) is 19.5. The molecular weight excluding hydrogens is 511 g/mol. The SMILES string of the molecule is OCc1c(-c2ccc(F)cc2)nc(OC2CCCC2)c(C(F)c2ccc3ccccc3c2)c1-c1ccc(F)cc1. The summed E-state index contributed by atoms with van der Waals surface area (Å²) in [4.78, 5) is 4.80. The van der Waals surface area contributed by atoms with E-state index in [1.54, 1.807) is 36.4 Å². The molecule has 1 atom stereocenters. The van der Waals surface area contributed by atoms with E-state index in [9.17, 15) is 13.9 Å². The van der Waals surface area contributed by atoms with E-state index in [1.807, 2.05) is 30.3 Å². The number of aliphatic hydroxyl groups is 1. The number of nitrogens with zero attached hydrogens (tertiary/aromatic N) is 1. The van der Waals surface area contributed by atoms with Crippen LogP contribution in [0.4, 0.5) is 13.2 Å². The summed E-state index contributed by atoms with van der Waals surface area (Å²) in [6.07, 6.45) is 1.89. The first kappa shape index (κ1) is 26.1. The zero-order chi connectivity index (χ0) is 27.6. The number of halogens is 3. The lowest BCUT2D eigenvalue weighted by Gasteiger charge is -2.25. The summed E-state index contributed by atoms with van der Waals surface area (Å²) in [6.45, 7) is -0.465. The molecule has 0 bridgehead atoms. The normalized spacial score (nSPS) is 14.5. The summed E-state index contributed by atoms with van der Waals surface area (Å²) in [7, 11) is 0. The second-order valence-electron chi connectivity index (χ2n) is 10.2. The Bertz CT molecular complexity index is 1650. The molecule has 0 spiro atoms. The van der Waals surface area contributed by atoms with E-state index in [0.717, 1.165) is 36.5 Å². The molecule has 1 N–H and O–H groups in total. The van der Waals surface area contributed by atoms with Crippen molar-refractivity contribution in [3.8, 4) is 28.3 Å². The maximum atomic E-state index is 16.9. The van der Waals surface area contributed by atoms with Crippen molar-refractivity contribution in [3.05, 3.63) is 119 Å². The smallest absolute Gasteiger partial charge is 0.221 e. The minimum absolute atomic E-state index is 0.128. The number of benzene rings is 4. The Kier molecular flexibility index (Phi) is 7.27. The van der Waals surface area contributed by atoms with E-state index in [0.29, 0.717) is 33.5 Å². The van der Waals surface area contributed by atoms with E-state index in [4.69, 9.17) is 9.72 Å². The molecule has 1 aromatic heterocycles. The second-order valence-corrected chi connectivity index (χ2v) is 10.2. The van der Waals surface area contributed by atoms with Gasteiger partial charge < -0.3 is 9.84 Å². The third-order valence-electron chi connectivity index (χ3n) is 7.61. The van der Waals surface area contributed by atoms with Crippen LogP contribution in [0.2, 0.25) is 0 Å². The number of hydrogen-bond acceptors (Lipinski definition) is 3. The van der Waals surface area contributed by atoms with Gasteiger partial charge in [-0.1, -0.05) is 48.5 Å². The van der Waals surface area contributed by atoms with Crippen molar-refractivity contribution in [3.63, 3.8) is 0 Å². The number of pyridine rings is 1. The summed E-state index contributed by atoms with van der Waals surface area (Å²) < 4.78 is 51.2.